The number of halogens is 2. The quantitative estimate of drug-likeness (QED) is 0.753. The summed E-state index contributed by atoms with van der Waals surface area (Å²) in [6.45, 7) is 3.85. The monoisotopic (exact) mass is 205 g/mol. The predicted octanol–water partition coefficient (Wildman–Crippen LogP) is 3.04. The molecular formula is C11H21F2N. The molecule has 14 heavy (non-hydrogen) atoms. The second-order valence-electron chi connectivity index (χ2n) is 4.82. The molecule has 0 aromatic rings. The third-order valence-electron chi connectivity index (χ3n) is 3.58. The van der Waals surface area contributed by atoms with Crippen LogP contribution in [-0.2, 0) is 0 Å². The zero-order chi connectivity index (χ0) is 10.8. The van der Waals surface area contributed by atoms with Crippen LogP contribution in [0.1, 0.15) is 39.5 Å². The Balaban J connectivity index is 2.43. The minimum atomic E-state index is -2.64. The molecule has 1 nitrogen and oxygen atoms in total. The van der Waals surface area contributed by atoms with E-state index < -0.39 is 18.4 Å². The van der Waals surface area contributed by atoms with Gasteiger partial charge < -0.3 is 5.73 Å². The summed E-state index contributed by atoms with van der Waals surface area (Å²) in [5.41, 5.74) is 5.08. The van der Waals surface area contributed by atoms with Gasteiger partial charge in [0.1, 0.15) is 0 Å². The van der Waals surface area contributed by atoms with Crippen LogP contribution in [0.3, 0.4) is 0 Å². The average Bonchev–Trinajstić information content (AvgIpc) is 2.18. The van der Waals surface area contributed by atoms with Gasteiger partial charge in [-0.05, 0) is 37.5 Å². The lowest BCUT2D eigenvalue weighted by atomic mass is 9.75. The van der Waals surface area contributed by atoms with Crippen molar-refractivity contribution in [3.8, 4) is 0 Å². The van der Waals surface area contributed by atoms with Crippen LogP contribution < -0.4 is 5.73 Å². The van der Waals surface area contributed by atoms with Crippen molar-refractivity contribution in [1.82, 2.24) is 0 Å². The Labute approximate surface area is 85.1 Å². The molecule has 0 aromatic heterocycles. The van der Waals surface area contributed by atoms with Gasteiger partial charge in [0, 0.05) is 5.92 Å². The van der Waals surface area contributed by atoms with E-state index in [1.165, 1.54) is 0 Å². The topological polar surface area (TPSA) is 26.0 Å². The van der Waals surface area contributed by atoms with E-state index in [1.54, 1.807) is 0 Å². The Kier molecular flexibility index (Phi) is 3.87. The third kappa shape index (κ3) is 2.66. The van der Waals surface area contributed by atoms with Crippen molar-refractivity contribution in [3.05, 3.63) is 0 Å². The molecule has 1 aliphatic rings. The molecule has 0 amide bonds. The maximum atomic E-state index is 13.2. The number of alkyl halides is 2. The van der Waals surface area contributed by atoms with Gasteiger partial charge in [0.2, 0.25) is 0 Å². The first-order chi connectivity index (χ1) is 6.47. The van der Waals surface area contributed by atoms with Crippen LogP contribution in [0.25, 0.3) is 0 Å². The molecule has 1 saturated carbocycles. The predicted molar refractivity (Wildman–Crippen MR) is 54.3 cm³/mol. The van der Waals surface area contributed by atoms with Crippen molar-refractivity contribution in [2.75, 3.05) is 6.54 Å². The fourth-order valence-electron chi connectivity index (χ4n) is 2.37. The number of hydrogen-bond donors (Lipinski definition) is 1. The second kappa shape index (κ2) is 4.56. The van der Waals surface area contributed by atoms with Gasteiger partial charge in [-0.1, -0.05) is 13.8 Å². The van der Waals surface area contributed by atoms with Gasteiger partial charge in [-0.25, -0.2) is 8.78 Å². The van der Waals surface area contributed by atoms with E-state index in [1.807, 2.05) is 0 Å². The van der Waals surface area contributed by atoms with Gasteiger partial charge in [-0.3, -0.25) is 0 Å². The van der Waals surface area contributed by atoms with E-state index in [0.717, 1.165) is 12.8 Å². The molecule has 84 valence electrons. The van der Waals surface area contributed by atoms with E-state index in [2.05, 4.69) is 13.8 Å². The third-order valence-corrected chi connectivity index (χ3v) is 3.58. The summed E-state index contributed by atoms with van der Waals surface area (Å²) >= 11 is 0. The lowest BCUT2D eigenvalue weighted by Crippen LogP contribution is -2.38. The van der Waals surface area contributed by atoms with Crippen LogP contribution in [0, 0.1) is 17.8 Å². The van der Waals surface area contributed by atoms with Crippen LogP contribution in [0.15, 0.2) is 0 Å². The van der Waals surface area contributed by atoms with Gasteiger partial charge >= 0.3 is 0 Å². The summed E-state index contributed by atoms with van der Waals surface area (Å²) in [6, 6.07) is 0. The highest BCUT2D eigenvalue weighted by Gasteiger charge is 2.40. The summed E-state index contributed by atoms with van der Waals surface area (Å²) in [7, 11) is 0. The van der Waals surface area contributed by atoms with Crippen molar-refractivity contribution in [2.45, 2.75) is 45.5 Å². The van der Waals surface area contributed by atoms with Crippen LogP contribution >= 0.6 is 0 Å². The molecule has 2 N–H and O–H groups in total. The molecule has 0 atom stereocenters. The second-order valence-corrected chi connectivity index (χ2v) is 4.82. The van der Waals surface area contributed by atoms with E-state index >= 15 is 0 Å². The molecule has 3 heteroatoms. The van der Waals surface area contributed by atoms with Crippen LogP contribution in [-0.4, -0.2) is 12.5 Å². The van der Waals surface area contributed by atoms with Crippen molar-refractivity contribution in [3.63, 3.8) is 0 Å². The number of hydrogen-bond acceptors (Lipinski definition) is 1. The molecule has 0 radical (unpaired) electrons. The van der Waals surface area contributed by atoms with Gasteiger partial charge in [0.05, 0.1) is 6.54 Å². The fourth-order valence-corrected chi connectivity index (χ4v) is 2.37. The zero-order valence-corrected chi connectivity index (χ0v) is 9.10. The molecule has 0 heterocycles. The highest BCUT2D eigenvalue weighted by atomic mass is 19.3. The molecule has 0 aliphatic heterocycles. The Morgan fingerprint density at radius 2 is 1.71 bits per heavy atom. The smallest absolute Gasteiger partial charge is 0.262 e. The minimum absolute atomic E-state index is 0.470. The first kappa shape index (κ1) is 11.9. The first-order valence-corrected chi connectivity index (χ1v) is 5.55. The highest BCUT2D eigenvalue weighted by Crippen LogP contribution is 2.40. The molecule has 1 fully saturated rings. The Morgan fingerprint density at radius 3 is 2.07 bits per heavy atom. The standard InChI is InChI=1S/C11H21F2N/c1-8(2)9-3-5-10(6-4-9)11(12,13)7-14/h8-10H,3-7,14H2,1-2H3. The molecule has 1 aliphatic carbocycles. The summed E-state index contributed by atoms with van der Waals surface area (Å²) < 4.78 is 26.5. The maximum Gasteiger partial charge on any atom is 0.262 e. The maximum absolute atomic E-state index is 13.2. The molecule has 0 saturated heterocycles. The molecule has 1 rings (SSSR count). The van der Waals surface area contributed by atoms with Crippen molar-refractivity contribution < 1.29 is 8.78 Å². The van der Waals surface area contributed by atoms with Crippen molar-refractivity contribution >= 4 is 0 Å². The molecule has 0 unspecified atom stereocenters. The Bertz CT molecular complexity index is 172. The van der Waals surface area contributed by atoms with Crippen molar-refractivity contribution in [1.29, 1.82) is 0 Å². The first-order valence-electron chi connectivity index (χ1n) is 5.55. The molecule has 0 bridgehead atoms. The summed E-state index contributed by atoms with van der Waals surface area (Å²) in [5, 5.41) is 0. The van der Waals surface area contributed by atoms with Gasteiger partial charge in [0.25, 0.3) is 5.92 Å². The van der Waals surface area contributed by atoms with E-state index in [9.17, 15) is 8.78 Å². The lowest BCUT2D eigenvalue weighted by Gasteiger charge is -2.34. The number of nitrogens with two attached hydrogens (primary N) is 1. The van der Waals surface area contributed by atoms with Gasteiger partial charge in [0.15, 0.2) is 0 Å². The van der Waals surface area contributed by atoms with Crippen LogP contribution in [0.2, 0.25) is 0 Å². The molecular weight excluding hydrogens is 184 g/mol. The summed E-state index contributed by atoms with van der Waals surface area (Å²) in [4.78, 5) is 0. The average molecular weight is 205 g/mol. The normalized spacial score (nSPS) is 29.6. The van der Waals surface area contributed by atoms with E-state index in [0.29, 0.717) is 24.7 Å². The van der Waals surface area contributed by atoms with E-state index in [4.69, 9.17) is 5.73 Å². The van der Waals surface area contributed by atoms with Gasteiger partial charge in [-0.2, -0.15) is 0 Å². The van der Waals surface area contributed by atoms with Crippen molar-refractivity contribution in [2.24, 2.45) is 23.5 Å². The number of rotatable bonds is 3. The molecule has 0 aromatic carbocycles. The Hall–Kier alpha value is -0.180. The summed E-state index contributed by atoms with van der Waals surface area (Å²) in [6.07, 6.45) is 3.18. The molecule has 0 spiro atoms. The summed E-state index contributed by atoms with van der Waals surface area (Å²) in [5.74, 6) is -1.84. The SMILES string of the molecule is CC(C)C1CCC(C(F)(F)CN)CC1. The minimum Gasteiger partial charge on any atom is -0.325 e. The van der Waals surface area contributed by atoms with Crippen LogP contribution in [0.5, 0.6) is 0 Å². The fraction of sp³-hybridized carbons (Fsp3) is 1.00. The van der Waals surface area contributed by atoms with Gasteiger partial charge in [-0.15, -0.1) is 0 Å². The largest absolute Gasteiger partial charge is 0.325 e. The highest BCUT2D eigenvalue weighted by molar-refractivity contribution is 4.83. The van der Waals surface area contributed by atoms with Crippen LogP contribution in [0.4, 0.5) is 8.78 Å². The Morgan fingerprint density at radius 1 is 1.21 bits per heavy atom. The lowest BCUT2D eigenvalue weighted by molar-refractivity contribution is -0.0682. The van der Waals surface area contributed by atoms with E-state index in [-0.39, 0.29) is 0 Å². The zero-order valence-electron chi connectivity index (χ0n) is 9.10.